The summed E-state index contributed by atoms with van der Waals surface area (Å²) in [6.45, 7) is -0.370. The van der Waals surface area contributed by atoms with Crippen LogP contribution in [0.4, 0.5) is 40.8 Å². The number of aliphatic hydroxyl groups is 1. The predicted molar refractivity (Wildman–Crippen MR) is 160 cm³/mol. The summed E-state index contributed by atoms with van der Waals surface area (Å²) >= 11 is 0. The number of rotatable bonds is 10. The van der Waals surface area contributed by atoms with E-state index in [1.54, 1.807) is 7.05 Å². The van der Waals surface area contributed by atoms with Gasteiger partial charge in [0.25, 0.3) is 11.8 Å². The van der Waals surface area contributed by atoms with Crippen LogP contribution in [-0.2, 0) is 28.5 Å². The van der Waals surface area contributed by atoms with Crippen LogP contribution in [0.1, 0.15) is 36.1 Å². The molecule has 1 spiro atoms. The molecule has 1 fully saturated rings. The molecule has 19 heteroatoms. The van der Waals surface area contributed by atoms with Crippen molar-refractivity contribution in [2.45, 2.75) is 43.7 Å². The smallest absolute Gasteiger partial charge is 0.433 e. The van der Waals surface area contributed by atoms with E-state index in [-0.39, 0.29) is 31.6 Å². The molecule has 2 amide bonds. The summed E-state index contributed by atoms with van der Waals surface area (Å²) in [5, 5.41) is 15.8. The highest BCUT2D eigenvalue weighted by Crippen LogP contribution is 2.47. The molecule has 1 aliphatic carbocycles. The molecule has 268 valence electrons. The lowest BCUT2D eigenvalue weighted by atomic mass is 9.72. The third-order valence-electron chi connectivity index (χ3n) is 8.45. The van der Waals surface area contributed by atoms with Gasteiger partial charge in [0.2, 0.25) is 5.82 Å². The number of hydrogen-bond donors (Lipinski definition) is 4. The number of aliphatic hydroxyl groups excluding tert-OH is 1. The molecule has 0 atom stereocenters. The third-order valence-corrected chi connectivity index (χ3v) is 8.45. The second kappa shape index (κ2) is 13.8. The van der Waals surface area contributed by atoms with Crippen LogP contribution < -0.4 is 20.9 Å². The van der Waals surface area contributed by atoms with Crippen molar-refractivity contribution in [2.75, 3.05) is 32.6 Å². The minimum absolute atomic E-state index is 0.0175. The first-order valence-electron chi connectivity index (χ1n) is 14.9. The zero-order chi connectivity index (χ0) is 36.6. The number of halogens is 8. The average Bonchev–Trinajstić information content (AvgIpc) is 3.03. The molecule has 0 radical (unpaired) electrons. The Bertz CT molecular complexity index is 1830. The zero-order valence-electron chi connectivity index (χ0n) is 26.3. The topological polar surface area (TPSA) is 132 Å². The fourth-order valence-corrected chi connectivity index (χ4v) is 5.63. The third kappa shape index (κ3) is 6.92. The summed E-state index contributed by atoms with van der Waals surface area (Å²) in [4.78, 5) is 34.3. The number of anilines is 1. The lowest BCUT2D eigenvalue weighted by Gasteiger charge is -2.54. The molecule has 1 aromatic heterocycles. The summed E-state index contributed by atoms with van der Waals surface area (Å²) < 4.78 is 116. The maximum Gasteiger partial charge on any atom is 0.433 e. The number of likely N-dealkylation sites (N-methyl/N-ethyl adjacent to an activating group) is 1. The number of ether oxygens (including phenoxy) is 1. The van der Waals surface area contributed by atoms with Crippen LogP contribution in [0.3, 0.4) is 0 Å². The van der Waals surface area contributed by atoms with Crippen molar-refractivity contribution in [1.82, 2.24) is 30.8 Å². The molecule has 5 rings (SSSR count). The van der Waals surface area contributed by atoms with E-state index in [4.69, 9.17) is 4.74 Å². The largest absolute Gasteiger partial charge is 0.509 e. The van der Waals surface area contributed by atoms with Crippen molar-refractivity contribution >= 4 is 17.5 Å². The number of nitrogens with zero attached hydrogens (tertiary/aromatic N) is 4. The van der Waals surface area contributed by atoms with Crippen molar-refractivity contribution in [2.24, 2.45) is 0 Å². The molecule has 3 aromatic rings. The Kier molecular flexibility index (Phi) is 10.0. The van der Waals surface area contributed by atoms with Crippen LogP contribution in [0.5, 0.6) is 5.75 Å². The minimum atomic E-state index is -4.99. The number of carbonyl (C=O) groups is 2. The van der Waals surface area contributed by atoms with Crippen LogP contribution in [0.15, 0.2) is 54.1 Å². The molecule has 2 aliphatic rings. The van der Waals surface area contributed by atoms with Crippen molar-refractivity contribution in [1.29, 1.82) is 0 Å². The maximum absolute atomic E-state index is 15.2. The molecule has 0 bridgehead atoms. The molecular formula is C31H29F8N7O4. The van der Waals surface area contributed by atoms with E-state index in [0.717, 1.165) is 17.1 Å². The Balaban J connectivity index is 1.49. The monoisotopic (exact) mass is 715 g/mol. The molecule has 4 N–H and O–H groups in total. The number of hydrazine groups is 2. The second-order valence-corrected chi connectivity index (χ2v) is 11.4. The molecule has 1 aliphatic heterocycles. The van der Waals surface area contributed by atoms with Crippen LogP contribution in [0.2, 0.25) is 0 Å². The molecule has 11 nitrogen and oxygen atoms in total. The molecule has 2 heterocycles. The van der Waals surface area contributed by atoms with E-state index in [1.807, 2.05) is 0 Å². The highest BCUT2D eigenvalue weighted by Gasteiger charge is 2.55. The number of alkyl halides is 6. The quantitative estimate of drug-likeness (QED) is 0.0978. The number of amides is 2. The second-order valence-electron chi connectivity index (χ2n) is 11.4. The fraction of sp³-hybridized carbons (Fsp3) is 0.355. The molecule has 2 aromatic carbocycles. The normalized spacial score (nSPS) is 16.5. The van der Waals surface area contributed by atoms with Crippen molar-refractivity contribution in [3.8, 4) is 17.0 Å². The predicted octanol–water partition coefficient (Wildman–Crippen LogP) is 5.12. The van der Waals surface area contributed by atoms with Gasteiger partial charge in [-0.3, -0.25) is 25.4 Å². The van der Waals surface area contributed by atoms with Gasteiger partial charge >= 0.3 is 12.4 Å². The Morgan fingerprint density at radius 1 is 1.02 bits per heavy atom. The summed E-state index contributed by atoms with van der Waals surface area (Å²) in [7, 11) is 3.01. The summed E-state index contributed by atoms with van der Waals surface area (Å²) in [6, 6.07) is 4.50. The minimum Gasteiger partial charge on any atom is -0.509 e. The molecule has 0 unspecified atom stereocenters. The van der Waals surface area contributed by atoms with Gasteiger partial charge in [0.15, 0.2) is 11.6 Å². The van der Waals surface area contributed by atoms with E-state index in [2.05, 4.69) is 26.1 Å². The van der Waals surface area contributed by atoms with Gasteiger partial charge in [-0.1, -0.05) is 6.07 Å². The van der Waals surface area contributed by atoms with Crippen molar-refractivity contribution in [3.05, 3.63) is 82.5 Å². The number of nitrogens with one attached hydrogen (secondary N) is 3. The van der Waals surface area contributed by atoms with E-state index in [1.165, 1.54) is 18.1 Å². The van der Waals surface area contributed by atoms with Crippen LogP contribution in [0.25, 0.3) is 11.3 Å². The summed E-state index contributed by atoms with van der Waals surface area (Å²) in [6.07, 6.45) is -8.44. The molecule has 0 saturated heterocycles. The van der Waals surface area contributed by atoms with E-state index >= 15 is 4.39 Å². The van der Waals surface area contributed by atoms with Crippen LogP contribution >= 0.6 is 0 Å². The van der Waals surface area contributed by atoms with Gasteiger partial charge in [-0.2, -0.15) is 30.7 Å². The van der Waals surface area contributed by atoms with Gasteiger partial charge < -0.3 is 15.2 Å². The standard InChI is InChI=1S/C31H29F8N7O4/c1-40-43-10-11-50-21-7-4-16(24(32)25(21)33)14-46-28(49)23(26(47)29(45(46)2)8-3-9-29)27(48)44-19-6-5-17(30(34,35)36)12-18(19)20-13-22(31(37,38)39)42-15-41-20/h4-7,12-13,15,40,43,47H,3,8-11,14H2,1-2H3,(H,44,48). The van der Waals surface area contributed by atoms with Gasteiger partial charge in [-0.05, 0) is 56.6 Å². The van der Waals surface area contributed by atoms with Gasteiger partial charge in [-0.25, -0.2) is 19.4 Å². The van der Waals surface area contributed by atoms with E-state index < -0.39 is 93.2 Å². The highest BCUT2D eigenvalue weighted by atomic mass is 19.4. The highest BCUT2D eigenvalue weighted by molar-refractivity contribution is 6.24. The van der Waals surface area contributed by atoms with Crippen molar-refractivity contribution in [3.63, 3.8) is 0 Å². The van der Waals surface area contributed by atoms with E-state index in [0.29, 0.717) is 30.9 Å². The van der Waals surface area contributed by atoms with Crippen molar-refractivity contribution < 1.29 is 54.6 Å². The lowest BCUT2D eigenvalue weighted by molar-refractivity contribution is -0.172. The molecule has 50 heavy (non-hydrogen) atoms. The Morgan fingerprint density at radius 2 is 1.74 bits per heavy atom. The number of aromatic nitrogens is 2. The average molecular weight is 716 g/mol. The Labute approximate surface area is 278 Å². The summed E-state index contributed by atoms with van der Waals surface area (Å²) in [5.41, 5.74) is -1.61. The Morgan fingerprint density at radius 3 is 2.36 bits per heavy atom. The first-order valence-corrected chi connectivity index (χ1v) is 14.9. The van der Waals surface area contributed by atoms with Gasteiger partial charge in [-0.15, -0.1) is 0 Å². The maximum atomic E-state index is 15.2. The fourth-order valence-electron chi connectivity index (χ4n) is 5.63. The van der Waals surface area contributed by atoms with E-state index in [9.17, 15) is 45.4 Å². The summed E-state index contributed by atoms with van der Waals surface area (Å²) in [5.74, 6) is -6.24. The molecular weight excluding hydrogens is 686 g/mol. The molecule has 1 saturated carbocycles. The number of hydrogen-bond acceptors (Lipinski definition) is 9. The first kappa shape index (κ1) is 36.4. The van der Waals surface area contributed by atoms with Crippen LogP contribution in [-0.4, -0.2) is 69.7 Å². The van der Waals surface area contributed by atoms with Gasteiger partial charge in [0.1, 0.15) is 30.0 Å². The zero-order valence-corrected chi connectivity index (χ0v) is 26.3. The van der Waals surface area contributed by atoms with Gasteiger partial charge in [0.05, 0.1) is 29.0 Å². The van der Waals surface area contributed by atoms with Gasteiger partial charge in [0, 0.05) is 24.7 Å². The lowest BCUT2D eigenvalue weighted by Crippen LogP contribution is -2.65. The number of carbonyl (C=O) groups excluding carboxylic acids is 2. The first-order chi connectivity index (χ1) is 23.5. The Hall–Kier alpha value is -4.88. The number of benzene rings is 2. The van der Waals surface area contributed by atoms with Crippen LogP contribution in [0, 0.1) is 11.6 Å². The SMILES string of the molecule is CNNCCOc1ccc(CN2C(=O)C(C(=O)Nc3ccc(C(F)(F)F)cc3-c3cc(C(F)(F)F)ncn3)=C(O)C3(CCC3)N2C)c(F)c1F.